The first-order valence-electron chi connectivity index (χ1n) is 6.82. The smallest absolute Gasteiger partial charge is 0.260 e. The number of carbonyl (C=O) groups is 1. The van der Waals surface area contributed by atoms with Crippen molar-refractivity contribution in [2.24, 2.45) is 11.8 Å². The first kappa shape index (κ1) is 11.5. The first-order chi connectivity index (χ1) is 8.11. The minimum atomic E-state index is -1.56. The molecule has 1 N–H and O–H groups in total. The monoisotopic (exact) mass is 240 g/mol. The largest absolute Gasteiger partial charge is 0.336 e. The summed E-state index contributed by atoms with van der Waals surface area (Å²) in [6, 6.07) is 0.302. The van der Waals surface area contributed by atoms with Crippen LogP contribution in [0.15, 0.2) is 0 Å². The van der Waals surface area contributed by atoms with Crippen LogP contribution >= 0.6 is 0 Å². The summed E-state index contributed by atoms with van der Waals surface area (Å²) in [5.74, 6) is 0.340. The number of alkyl halides is 1. The van der Waals surface area contributed by atoms with Crippen LogP contribution in [-0.4, -0.2) is 42.2 Å². The standard InChI is InChI=1S/C13H21FN2O/c1-9-2-3-11(6-9)16-8-10-7-15-5-4-13(10,14)12(16)17/h9-11,15H,2-8H2,1H3. The molecule has 0 aromatic heterocycles. The normalized spacial score (nSPS) is 46.4. The molecular formula is C13H21FN2O. The molecule has 4 heteroatoms. The summed E-state index contributed by atoms with van der Waals surface area (Å²) in [7, 11) is 0. The molecule has 3 fully saturated rings. The Hall–Kier alpha value is -0.640. The molecule has 96 valence electrons. The molecule has 0 spiro atoms. The van der Waals surface area contributed by atoms with Gasteiger partial charge in [-0.3, -0.25) is 4.79 Å². The van der Waals surface area contributed by atoms with Gasteiger partial charge < -0.3 is 10.2 Å². The summed E-state index contributed by atoms with van der Waals surface area (Å²) >= 11 is 0. The first-order valence-corrected chi connectivity index (χ1v) is 6.82. The molecule has 2 aliphatic heterocycles. The summed E-state index contributed by atoms with van der Waals surface area (Å²) in [5.41, 5.74) is -1.56. The molecule has 0 bridgehead atoms. The van der Waals surface area contributed by atoms with Crippen LogP contribution in [0.2, 0.25) is 0 Å². The van der Waals surface area contributed by atoms with Crippen LogP contribution < -0.4 is 5.32 Å². The summed E-state index contributed by atoms with van der Waals surface area (Å²) in [5, 5.41) is 3.20. The van der Waals surface area contributed by atoms with Crippen LogP contribution in [-0.2, 0) is 4.79 Å². The third kappa shape index (κ3) is 1.68. The molecule has 3 aliphatic rings. The van der Waals surface area contributed by atoms with E-state index in [1.54, 1.807) is 0 Å². The zero-order valence-corrected chi connectivity index (χ0v) is 10.4. The van der Waals surface area contributed by atoms with Crippen molar-refractivity contribution in [3.05, 3.63) is 0 Å². The fourth-order valence-electron chi connectivity index (χ4n) is 3.74. The molecule has 1 amide bonds. The van der Waals surface area contributed by atoms with E-state index in [4.69, 9.17) is 0 Å². The topological polar surface area (TPSA) is 32.3 Å². The Labute approximate surface area is 102 Å². The highest BCUT2D eigenvalue weighted by molar-refractivity contribution is 5.88. The molecule has 2 saturated heterocycles. The van der Waals surface area contributed by atoms with Gasteiger partial charge in [-0.2, -0.15) is 0 Å². The maximum atomic E-state index is 14.7. The van der Waals surface area contributed by atoms with Gasteiger partial charge in [-0.25, -0.2) is 4.39 Å². The van der Waals surface area contributed by atoms with Gasteiger partial charge in [-0.05, 0) is 31.7 Å². The van der Waals surface area contributed by atoms with E-state index in [1.807, 2.05) is 4.90 Å². The van der Waals surface area contributed by atoms with Crippen LogP contribution in [0.3, 0.4) is 0 Å². The Morgan fingerprint density at radius 2 is 2.29 bits per heavy atom. The van der Waals surface area contributed by atoms with Crippen LogP contribution in [0.25, 0.3) is 0 Å². The van der Waals surface area contributed by atoms with E-state index in [9.17, 15) is 9.18 Å². The van der Waals surface area contributed by atoms with Crippen molar-refractivity contribution < 1.29 is 9.18 Å². The highest BCUT2D eigenvalue weighted by Gasteiger charge is 2.57. The predicted molar refractivity (Wildman–Crippen MR) is 63.3 cm³/mol. The molecule has 0 aromatic rings. The maximum absolute atomic E-state index is 14.7. The number of hydrogen-bond acceptors (Lipinski definition) is 2. The molecule has 2 heterocycles. The highest BCUT2D eigenvalue weighted by Crippen LogP contribution is 2.41. The minimum Gasteiger partial charge on any atom is -0.336 e. The van der Waals surface area contributed by atoms with E-state index in [1.165, 1.54) is 6.42 Å². The molecule has 1 aliphatic carbocycles. The van der Waals surface area contributed by atoms with Gasteiger partial charge in [0, 0.05) is 31.5 Å². The van der Waals surface area contributed by atoms with E-state index in [2.05, 4.69) is 12.2 Å². The number of rotatable bonds is 1. The zero-order chi connectivity index (χ0) is 12.0. The zero-order valence-electron chi connectivity index (χ0n) is 10.4. The van der Waals surface area contributed by atoms with Crippen molar-refractivity contribution in [2.45, 2.75) is 44.3 Å². The fraction of sp³-hybridized carbons (Fsp3) is 0.923. The third-order valence-electron chi connectivity index (χ3n) is 4.84. The second kappa shape index (κ2) is 3.94. The summed E-state index contributed by atoms with van der Waals surface area (Å²) in [6.45, 7) is 4.13. The van der Waals surface area contributed by atoms with Crippen molar-refractivity contribution in [3.8, 4) is 0 Å². The van der Waals surface area contributed by atoms with E-state index in [0.717, 1.165) is 12.8 Å². The Kier molecular flexibility index (Phi) is 2.65. The van der Waals surface area contributed by atoms with E-state index in [-0.39, 0.29) is 11.8 Å². The fourth-order valence-corrected chi connectivity index (χ4v) is 3.74. The second-order valence-corrected chi connectivity index (χ2v) is 6.04. The number of amides is 1. The molecule has 4 unspecified atom stereocenters. The van der Waals surface area contributed by atoms with Crippen LogP contribution in [0.5, 0.6) is 0 Å². The lowest BCUT2D eigenvalue weighted by atomic mass is 9.86. The number of nitrogens with one attached hydrogen (secondary N) is 1. The van der Waals surface area contributed by atoms with Gasteiger partial charge in [0.05, 0.1) is 0 Å². The van der Waals surface area contributed by atoms with Crippen molar-refractivity contribution in [3.63, 3.8) is 0 Å². The molecule has 4 atom stereocenters. The van der Waals surface area contributed by atoms with Gasteiger partial charge >= 0.3 is 0 Å². The van der Waals surface area contributed by atoms with Crippen LogP contribution in [0.4, 0.5) is 4.39 Å². The van der Waals surface area contributed by atoms with Crippen molar-refractivity contribution in [2.75, 3.05) is 19.6 Å². The summed E-state index contributed by atoms with van der Waals surface area (Å²) < 4.78 is 14.7. The molecule has 3 nitrogen and oxygen atoms in total. The Morgan fingerprint density at radius 3 is 2.94 bits per heavy atom. The SMILES string of the molecule is CC1CCC(N2CC3CNCCC3(F)C2=O)C1. The van der Waals surface area contributed by atoms with Crippen molar-refractivity contribution in [1.29, 1.82) is 0 Å². The van der Waals surface area contributed by atoms with Gasteiger partial charge in [0.2, 0.25) is 0 Å². The van der Waals surface area contributed by atoms with E-state index < -0.39 is 5.67 Å². The van der Waals surface area contributed by atoms with Gasteiger partial charge in [-0.1, -0.05) is 6.92 Å². The Morgan fingerprint density at radius 1 is 1.47 bits per heavy atom. The molecule has 17 heavy (non-hydrogen) atoms. The van der Waals surface area contributed by atoms with Crippen molar-refractivity contribution in [1.82, 2.24) is 10.2 Å². The predicted octanol–water partition coefficient (Wildman–Crippen LogP) is 1.33. The number of nitrogens with zero attached hydrogens (tertiary/aromatic N) is 1. The molecular weight excluding hydrogens is 219 g/mol. The Balaban J connectivity index is 1.78. The average molecular weight is 240 g/mol. The number of hydrogen-bond donors (Lipinski definition) is 1. The third-order valence-corrected chi connectivity index (χ3v) is 4.84. The van der Waals surface area contributed by atoms with Crippen LogP contribution in [0.1, 0.15) is 32.6 Å². The molecule has 0 aromatic carbocycles. The van der Waals surface area contributed by atoms with Gasteiger partial charge in [-0.15, -0.1) is 0 Å². The van der Waals surface area contributed by atoms with Gasteiger partial charge in [0.25, 0.3) is 5.91 Å². The lowest BCUT2D eigenvalue weighted by molar-refractivity contribution is -0.141. The summed E-state index contributed by atoms with van der Waals surface area (Å²) in [4.78, 5) is 14.1. The number of carbonyl (C=O) groups excluding carboxylic acids is 1. The number of halogens is 1. The minimum absolute atomic E-state index is 0.125. The molecule has 1 saturated carbocycles. The molecule has 0 radical (unpaired) electrons. The quantitative estimate of drug-likeness (QED) is 0.750. The molecule has 3 rings (SSSR count). The number of fused-ring (bicyclic) bond motifs is 1. The second-order valence-electron chi connectivity index (χ2n) is 6.04. The van der Waals surface area contributed by atoms with E-state index in [0.29, 0.717) is 38.0 Å². The van der Waals surface area contributed by atoms with Crippen LogP contribution in [0, 0.1) is 11.8 Å². The number of likely N-dealkylation sites (tertiary alicyclic amines) is 1. The average Bonchev–Trinajstić information content (AvgIpc) is 2.83. The number of piperidine rings is 1. The Bertz CT molecular complexity index is 335. The van der Waals surface area contributed by atoms with E-state index >= 15 is 0 Å². The van der Waals surface area contributed by atoms with Crippen molar-refractivity contribution >= 4 is 5.91 Å². The van der Waals surface area contributed by atoms with Gasteiger partial charge in [0.1, 0.15) is 0 Å². The van der Waals surface area contributed by atoms with Gasteiger partial charge in [0.15, 0.2) is 5.67 Å². The lowest BCUT2D eigenvalue weighted by Crippen LogP contribution is -2.49. The summed E-state index contributed by atoms with van der Waals surface area (Å²) in [6.07, 6.45) is 3.65. The maximum Gasteiger partial charge on any atom is 0.260 e. The lowest BCUT2D eigenvalue weighted by Gasteiger charge is -2.29. The highest BCUT2D eigenvalue weighted by atomic mass is 19.1.